The van der Waals surface area contributed by atoms with E-state index in [4.69, 9.17) is 11.6 Å². The molecule has 19 heavy (non-hydrogen) atoms. The van der Waals surface area contributed by atoms with Crippen LogP contribution in [0.15, 0.2) is 41.7 Å². The summed E-state index contributed by atoms with van der Waals surface area (Å²) in [5, 5.41) is 9.97. The topological polar surface area (TPSA) is 54.4 Å². The lowest BCUT2D eigenvalue weighted by atomic mass is 10.1. The second kappa shape index (κ2) is 7.16. The molecule has 0 spiro atoms. The van der Waals surface area contributed by atoms with Crippen molar-refractivity contribution in [2.75, 3.05) is 6.26 Å². The van der Waals surface area contributed by atoms with Gasteiger partial charge in [-0.2, -0.15) is 0 Å². The summed E-state index contributed by atoms with van der Waals surface area (Å²) in [7, 11) is 0. The van der Waals surface area contributed by atoms with Crippen LogP contribution < -0.4 is 0 Å². The molecule has 1 rings (SSSR count). The number of thioether (sulfide) groups is 1. The van der Waals surface area contributed by atoms with Crippen LogP contribution in [0.1, 0.15) is 12.5 Å². The Morgan fingerprint density at radius 3 is 2.32 bits per heavy atom. The quantitative estimate of drug-likeness (QED) is 0.303. The summed E-state index contributed by atoms with van der Waals surface area (Å²) >= 11 is 6.64. The fourth-order valence-electron chi connectivity index (χ4n) is 1.36. The Hall–Kier alpha value is -1.52. The first kappa shape index (κ1) is 15.5. The molecule has 0 aliphatic rings. The first-order chi connectivity index (χ1) is 8.95. The van der Waals surface area contributed by atoms with Crippen molar-refractivity contribution < 1.29 is 14.7 Å². The Balaban J connectivity index is 3.03. The zero-order valence-electron chi connectivity index (χ0n) is 10.5. The van der Waals surface area contributed by atoms with E-state index in [0.717, 1.165) is 17.3 Å². The summed E-state index contributed by atoms with van der Waals surface area (Å²) in [6.07, 6.45) is 4.48. The van der Waals surface area contributed by atoms with Crippen molar-refractivity contribution in [1.29, 1.82) is 0 Å². The van der Waals surface area contributed by atoms with Gasteiger partial charge in [-0.3, -0.25) is 9.59 Å². The molecular weight excluding hydrogens is 284 g/mol. The molecule has 0 aliphatic carbocycles. The fourth-order valence-corrected chi connectivity index (χ4v) is 1.94. The SMILES string of the molecule is CSC(=O)/C(C(C)=O)=C(O)\C=C\c1ccc(Cl)cc1. The van der Waals surface area contributed by atoms with Gasteiger partial charge in [-0.25, -0.2) is 0 Å². The van der Waals surface area contributed by atoms with Gasteiger partial charge in [-0.05, 0) is 37.0 Å². The molecule has 0 heterocycles. The monoisotopic (exact) mass is 296 g/mol. The maximum Gasteiger partial charge on any atom is 0.226 e. The van der Waals surface area contributed by atoms with Crippen molar-refractivity contribution in [3.05, 3.63) is 52.3 Å². The molecule has 3 nitrogen and oxygen atoms in total. The van der Waals surface area contributed by atoms with Crippen molar-refractivity contribution in [2.45, 2.75) is 6.92 Å². The molecule has 0 saturated carbocycles. The molecule has 0 unspecified atom stereocenters. The molecule has 0 fully saturated rings. The van der Waals surface area contributed by atoms with E-state index in [1.54, 1.807) is 36.6 Å². The van der Waals surface area contributed by atoms with Crippen LogP contribution in [0.5, 0.6) is 0 Å². The summed E-state index contributed by atoms with van der Waals surface area (Å²) in [5.41, 5.74) is 0.605. The van der Waals surface area contributed by atoms with Crippen molar-refractivity contribution in [3.8, 4) is 0 Å². The number of rotatable bonds is 4. The van der Waals surface area contributed by atoms with Crippen molar-refractivity contribution in [1.82, 2.24) is 0 Å². The van der Waals surface area contributed by atoms with Crippen LogP contribution >= 0.6 is 23.4 Å². The maximum absolute atomic E-state index is 11.5. The van der Waals surface area contributed by atoms with E-state index < -0.39 is 10.9 Å². The average Bonchev–Trinajstić information content (AvgIpc) is 2.37. The van der Waals surface area contributed by atoms with Gasteiger partial charge in [-0.15, -0.1) is 0 Å². The van der Waals surface area contributed by atoms with E-state index in [1.807, 2.05) is 0 Å². The third-order valence-corrected chi connectivity index (χ3v) is 3.13. The molecule has 1 aromatic rings. The summed E-state index contributed by atoms with van der Waals surface area (Å²) in [4.78, 5) is 22.9. The predicted octanol–water partition coefficient (Wildman–Crippen LogP) is 3.64. The van der Waals surface area contributed by atoms with Crippen LogP contribution in [-0.4, -0.2) is 22.3 Å². The summed E-state index contributed by atoms with van der Waals surface area (Å²) in [5.74, 6) is -0.792. The lowest BCUT2D eigenvalue weighted by Gasteiger charge is -2.01. The number of hydrogen-bond acceptors (Lipinski definition) is 4. The highest BCUT2D eigenvalue weighted by Crippen LogP contribution is 2.15. The van der Waals surface area contributed by atoms with Crippen LogP contribution in [-0.2, 0) is 9.59 Å². The van der Waals surface area contributed by atoms with Gasteiger partial charge in [0, 0.05) is 5.02 Å². The van der Waals surface area contributed by atoms with Crippen molar-refractivity contribution >= 4 is 40.3 Å². The third kappa shape index (κ3) is 4.58. The van der Waals surface area contributed by atoms with Gasteiger partial charge in [0.2, 0.25) is 5.12 Å². The molecule has 0 aliphatic heterocycles. The van der Waals surface area contributed by atoms with Crippen LogP contribution in [0.4, 0.5) is 0 Å². The molecule has 0 bridgehead atoms. The maximum atomic E-state index is 11.5. The molecule has 0 aromatic heterocycles. The van der Waals surface area contributed by atoms with Crippen LogP contribution in [0.3, 0.4) is 0 Å². The molecule has 0 amide bonds. The van der Waals surface area contributed by atoms with Gasteiger partial charge in [0.15, 0.2) is 5.78 Å². The van der Waals surface area contributed by atoms with E-state index in [1.165, 1.54) is 13.0 Å². The zero-order valence-corrected chi connectivity index (χ0v) is 12.1. The second-order valence-electron chi connectivity index (χ2n) is 3.69. The number of allylic oxidation sites excluding steroid dienone is 1. The molecule has 5 heteroatoms. The van der Waals surface area contributed by atoms with Gasteiger partial charge in [-0.1, -0.05) is 41.6 Å². The lowest BCUT2D eigenvalue weighted by Crippen LogP contribution is -2.09. The number of aliphatic hydroxyl groups excluding tert-OH is 1. The van der Waals surface area contributed by atoms with E-state index in [2.05, 4.69) is 0 Å². The molecule has 100 valence electrons. The van der Waals surface area contributed by atoms with E-state index >= 15 is 0 Å². The molecule has 1 aromatic carbocycles. The minimum atomic E-state index is -0.461. The smallest absolute Gasteiger partial charge is 0.226 e. The summed E-state index contributed by atoms with van der Waals surface area (Å²) in [6.45, 7) is 1.25. The van der Waals surface area contributed by atoms with Gasteiger partial charge in [0.1, 0.15) is 11.3 Å². The van der Waals surface area contributed by atoms with E-state index in [-0.39, 0.29) is 11.3 Å². The van der Waals surface area contributed by atoms with Crippen molar-refractivity contribution in [2.24, 2.45) is 0 Å². The molecule has 0 radical (unpaired) electrons. The highest BCUT2D eigenvalue weighted by atomic mass is 35.5. The van der Waals surface area contributed by atoms with Crippen LogP contribution in [0, 0.1) is 0 Å². The highest BCUT2D eigenvalue weighted by Gasteiger charge is 2.17. The zero-order chi connectivity index (χ0) is 14.4. The third-order valence-electron chi connectivity index (χ3n) is 2.30. The molecule has 1 N–H and O–H groups in total. The minimum absolute atomic E-state index is 0.197. The van der Waals surface area contributed by atoms with Gasteiger partial charge in [0.05, 0.1) is 0 Å². The van der Waals surface area contributed by atoms with Gasteiger partial charge in [0.25, 0.3) is 0 Å². The predicted molar refractivity (Wildman–Crippen MR) is 79.3 cm³/mol. The van der Waals surface area contributed by atoms with E-state index in [9.17, 15) is 14.7 Å². The summed E-state index contributed by atoms with van der Waals surface area (Å²) < 4.78 is 0. The van der Waals surface area contributed by atoms with E-state index in [0.29, 0.717) is 5.02 Å². The Kier molecular flexibility index (Phi) is 5.86. The first-order valence-corrected chi connectivity index (χ1v) is 7.02. The number of Topliss-reactive ketones (excluding diaryl/α,β-unsaturated/α-hetero) is 1. The highest BCUT2D eigenvalue weighted by molar-refractivity contribution is 8.13. The van der Waals surface area contributed by atoms with Crippen LogP contribution in [0.2, 0.25) is 5.02 Å². The largest absolute Gasteiger partial charge is 0.507 e. The standard InChI is InChI=1S/C14H13ClO3S/c1-9(16)13(14(18)19-2)12(17)8-5-10-3-6-11(15)7-4-10/h3-8,17H,1-2H3/b8-5+,13-12+. The number of halogens is 1. The number of hydrogen-bond donors (Lipinski definition) is 1. The molecular formula is C14H13ClO3S. The minimum Gasteiger partial charge on any atom is -0.507 e. The van der Waals surface area contributed by atoms with Gasteiger partial charge < -0.3 is 5.11 Å². The van der Waals surface area contributed by atoms with Gasteiger partial charge >= 0.3 is 0 Å². The number of aliphatic hydroxyl groups is 1. The second-order valence-corrected chi connectivity index (χ2v) is 4.91. The lowest BCUT2D eigenvalue weighted by molar-refractivity contribution is -0.117. The number of carbonyl (C=O) groups excluding carboxylic acids is 2. The number of ketones is 1. The number of carbonyl (C=O) groups is 2. The molecule has 0 saturated heterocycles. The van der Waals surface area contributed by atoms with Crippen molar-refractivity contribution in [3.63, 3.8) is 0 Å². The average molecular weight is 297 g/mol. The molecule has 0 atom stereocenters. The van der Waals surface area contributed by atoms with Crippen LogP contribution in [0.25, 0.3) is 6.08 Å². The first-order valence-electron chi connectivity index (χ1n) is 5.42. The normalized spacial score (nSPS) is 12.4. The Morgan fingerprint density at radius 1 is 1.26 bits per heavy atom. The Labute approximate surface area is 121 Å². The Morgan fingerprint density at radius 2 is 1.84 bits per heavy atom. The summed E-state index contributed by atoms with van der Waals surface area (Å²) in [6, 6.07) is 6.94. The number of benzene rings is 1. The fraction of sp³-hybridized carbons (Fsp3) is 0.143. The Bertz CT molecular complexity index is 544.